The van der Waals surface area contributed by atoms with Gasteiger partial charge in [0.2, 0.25) is 0 Å². The van der Waals surface area contributed by atoms with Crippen molar-refractivity contribution >= 4 is 5.91 Å². The van der Waals surface area contributed by atoms with Crippen molar-refractivity contribution in [1.29, 1.82) is 0 Å². The smallest absolute Gasteiger partial charge is 0.287 e. The Morgan fingerprint density at radius 2 is 2.33 bits per heavy atom. The van der Waals surface area contributed by atoms with Gasteiger partial charge in [0.1, 0.15) is 0 Å². The summed E-state index contributed by atoms with van der Waals surface area (Å²) in [6.07, 6.45) is 1.41. The number of rotatable bonds is 3. The number of carbonyl (C=O) groups excluding carboxylic acids is 1. The summed E-state index contributed by atoms with van der Waals surface area (Å²) in [6, 6.07) is 2.82. The van der Waals surface area contributed by atoms with Crippen LogP contribution in [0.4, 0.5) is 0 Å². The van der Waals surface area contributed by atoms with Crippen molar-refractivity contribution in [1.82, 2.24) is 20.1 Å². The van der Waals surface area contributed by atoms with Crippen LogP contribution in [0.2, 0.25) is 0 Å². The van der Waals surface area contributed by atoms with Crippen LogP contribution in [0.5, 0.6) is 0 Å². The van der Waals surface area contributed by atoms with E-state index in [-0.39, 0.29) is 17.8 Å². The van der Waals surface area contributed by atoms with Gasteiger partial charge in [0.05, 0.1) is 12.9 Å². The van der Waals surface area contributed by atoms with E-state index in [4.69, 9.17) is 10.4 Å². The van der Waals surface area contributed by atoms with Crippen LogP contribution < -0.4 is 16.8 Å². The van der Waals surface area contributed by atoms with E-state index < -0.39 is 5.91 Å². The van der Waals surface area contributed by atoms with Crippen LogP contribution in [-0.2, 0) is 6.54 Å². The van der Waals surface area contributed by atoms with Crippen LogP contribution in [-0.4, -0.2) is 20.6 Å². The summed E-state index contributed by atoms with van der Waals surface area (Å²) in [5.74, 6) is 4.77. The summed E-state index contributed by atoms with van der Waals surface area (Å²) in [4.78, 5) is 26.7. The minimum Gasteiger partial charge on any atom is -0.359 e. The highest BCUT2D eigenvalue weighted by Gasteiger charge is 2.11. The molecule has 18 heavy (non-hydrogen) atoms. The van der Waals surface area contributed by atoms with Crippen molar-refractivity contribution in [3.63, 3.8) is 0 Å². The first-order valence-corrected chi connectivity index (χ1v) is 5.10. The summed E-state index contributed by atoms with van der Waals surface area (Å²) >= 11 is 0. The largest absolute Gasteiger partial charge is 0.359 e. The Balaban J connectivity index is 2.21. The van der Waals surface area contributed by atoms with Crippen LogP contribution in [0.1, 0.15) is 21.9 Å². The highest BCUT2D eigenvalue weighted by Crippen LogP contribution is 2.04. The average Bonchev–Trinajstić information content (AvgIpc) is 2.80. The van der Waals surface area contributed by atoms with Gasteiger partial charge in [0.25, 0.3) is 11.5 Å². The van der Waals surface area contributed by atoms with Crippen molar-refractivity contribution in [3.05, 3.63) is 46.0 Å². The van der Waals surface area contributed by atoms with E-state index in [1.54, 1.807) is 6.92 Å². The number of carbonyl (C=O) groups is 1. The Labute approximate surface area is 101 Å². The van der Waals surface area contributed by atoms with E-state index >= 15 is 0 Å². The second kappa shape index (κ2) is 4.80. The maximum Gasteiger partial charge on any atom is 0.287 e. The van der Waals surface area contributed by atoms with Crippen molar-refractivity contribution < 1.29 is 9.32 Å². The van der Waals surface area contributed by atoms with Gasteiger partial charge in [-0.1, -0.05) is 5.16 Å². The molecule has 2 aromatic rings. The third kappa shape index (κ3) is 2.43. The van der Waals surface area contributed by atoms with Crippen LogP contribution in [0.15, 0.2) is 27.8 Å². The molecule has 0 aliphatic rings. The molecule has 8 heteroatoms. The zero-order valence-corrected chi connectivity index (χ0v) is 9.58. The van der Waals surface area contributed by atoms with E-state index in [0.29, 0.717) is 11.5 Å². The highest BCUT2D eigenvalue weighted by atomic mass is 16.5. The van der Waals surface area contributed by atoms with E-state index in [9.17, 15) is 9.59 Å². The molecule has 2 heterocycles. The van der Waals surface area contributed by atoms with Gasteiger partial charge < -0.3 is 4.52 Å². The standard InChI is InChI=1S/C10H11N5O3/c1-6-2-9(16)15(5-12-6)4-7-3-8(14-18-7)10(17)13-11/h2-3,5H,4,11H2,1H3,(H,13,17). The molecule has 0 spiro atoms. The summed E-state index contributed by atoms with van der Waals surface area (Å²) < 4.78 is 6.27. The quantitative estimate of drug-likeness (QED) is 0.417. The van der Waals surface area contributed by atoms with Gasteiger partial charge in [-0.25, -0.2) is 10.8 Å². The molecule has 3 N–H and O–H groups in total. The number of aryl methyl sites for hydroxylation is 1. The predicted molar refractivity (Wildman–Crippen MR) is 60.5 cm³/mol. The highest BCUT2D eigenvalue weighted by molar-refractivity contribution is 5.91. The van der Waals surface area contributed by atoms with Crippen LogP contribution >= 0.6 is 0 Å². The van der Waals surface area contributed by atoms with Crippen LogP contribution in [0.3, 0.4) is 0 Å². The molecule has 0 saturated carbocycles. The van der Waals surface area contributed by atoms with E-state index in [0.717, 1.165) is 0 Å². The first-order chi connectivity index (χ1) is 8.60. The SMILES string of the molecule is Cc1cc(=O)n(Cc2cc(C(=O)NN)no2)cn1. The van der Waals surface area contributed by atoms with Gasteiger partial charge in [-0.05, 0) is 6.92 Å². The summed E-state index contributed by atoms with van der Waals surface area (Å²) in [5.41, 5.74) is 2.42. The summed E-state index contributed by atoms with van der Waals surface area (Å²) in [7, 11) is 0. The van der Waals surface area contributed by atoms with E-state index in [2.05, 4.69) is 10.1 Å². The molecular formula is C10H11N5O3. The van der Waals surface area contributed by atoms with Gasteiger partial charge >= 0.3 is 0 Å². The maximum atomic E-state index is 11.6. The molecule has 0 aliphatic carbocycles. The van der Waals surface area contributed by atoms with Crippen LogP contribution in [0.25, 0.3) is 0 Å². The number of amides is 1. The zero-order valence-electron chi connectivity index (χ0n) is 9.58. The molecule has 94 valence electrons. The topological polar surface area (TPSA) is 116 Å². The molecule has 0 unspecified atom stereocenters. The third-order valence-electron chi connectivity index (χ3n) is 2.27. The normalized spacial score (nSPS) is 10.3. The van der Waals surface area contributed by atoms with Crippen LogP contribution in [0, 0.1) is 6.92 Å². The molecule has 1 amide bonds. The molecule has 0 aromatic carbocycles. The molecule has 0 saturated heterocycles. The Kier molecular flexibility index (Phi) is 3.20. The monoisotopic (exact) mass is 249 g/mol. The third-order valence-corrected chi connectivity index (χ3v) is 2.27. The number of nitrogen functional groups attached to an aromatic ring is 1. The van der Waals surface area contributed by atoms with Gasteiger partial charge in [-0.2, -0.15) is 0 Å². The lowest BCUT2D eigenvalue weighted by Crippen LogP contribution is -2.30. The number of nitrogens with one attached hydrogen (secondary N) is 1. The van der Waals surface area contributed by atoms with E-state index in [1.807, 2.05) is 5.43 Å². The molecular weight excluding hydrogens is 238 g/mol. The van der Waals surface area contributed by atoms with Gasteiger partial charge in [-0.3, -0.25) is 19.6 Å². The molecule has 0 atom stereocenters. The molecule has 0 aliphatic heterocycles. The molecule has 0 bridgehead atoms. The number of hydrazine groups is 1. The summed E-state index contributed by atoms with van der Waals surface area (Å²) in [5, 5.41) is 3.53. The first-order valence-electron chi connectivity index (χ1n) is 5.10. The second-order valence-corrected chi connectivity index (χ2v) is 3.65. The second-order valence-electron chi connectivity index (χ2n) is 3.65. The lowest BCUT2D eigenvalue weighted by molar-refractivity contribution is 0.0944. The van der Waals surface area contributed by atoms with Crippen molar-refractivity contribution in [2.75, 3.05) is 0 Å². The molecule has 0 radical (unpaired) electrons. The lowest BCUT2D eigenvalue weighted by Gasteiger charge is -2.01. The minimum absolute atomic E-state index is 0.0561. The molecule has 2 aromatic heterocycles. The van der Waals surface area contributed by atoms with Gasteiger partial charge in [0.15, 0.2) is 11.5 Å². The number of nitrogens with two attached hydrogens (primary N) is 1. The number of nitrogens with zero attached hydrogens (tertiary/aromatic N) is 3. The predicted octanol–water partition coefficient (Wildman–Crippen LogP) is -0.808. The van der Waals surface area contributed by atoms with Gasteiger partial charge in [0, 0.05) is 17.8 Å². The van der Waals surface area contributed by atoms with Crippen molar-refractivity contribution in [2.45, 2.75) is 13.5 Å². The maximum absolute atomic E-state index is 11.6. The van der Waals surface area contributed by atoms with Crippen molar-refractivity contribution in [2.24, 2.45) is 5.84 Å². The Morgan fingerprint density at radius 3 is 3.00 bits per heavy atom. The average molecular weight is 249 g/mol. The number of hydrogen-bond acceptors (Lipinski definition) is 6. The Hall–Kier alpha value is -2.48. The fourth-order valence-electron chi connectivity index (χ4n) is 1.37. The van der Waals surface area contributed by atoms with Gasteiger partial charge in [-0.15, -0.1) is 0 Å². The fraction of sp³-hybridized carbons (Fsp3) is 0.200. The molecule has 0 fully saturated rings. The minimum atomic E-state index is -0.556. The fourth-order valence-corrected chi connectivity index (χ4v) is 1.37. The lowest BCUT2D eigenvalue weighted by atomic mass is 10.3. The first kappa shape index (κ1) is 12.0. The van der Waals surface area contributed by atoms with Crippen molar-refractivity contribution in [3.8, 4) is 0 Å². The van der Waals surface area contributed by atoms with E-state index in [1.165, 1.54) is 23.0 Å². The zero-order chi connectivity index (χ0) is 13.1. The molecule has 2 rings (SSSR count). The summed E-state index contributed by atoms with van der Waals surface area (Å²) in [6.45, 7) is 1.88. The Morgan fingerprint density at radius 1 is 1.56 bits per heavy atom. The number of aromatic nitrogens is 3. The Bertz CT molecular complexity index is 630. The number of hydrogen-bond donors (Lipinski definition) is 2. The molecule has 8 nitrogen and oxygen atoms in total.